The lowest BCUT2D eigenvalue weighted by Crippen LogP contribution is -2.38. The van der Waals surface area contributed by atoms with Crippen LogP contribution in [-0.2, 0) is 6.54 Å². The molecule has 4 nitrogen and oxygen atoms in total. The number of halogens is 2. The van der Waals surface area contributed by atoms with E-state index in [-0.39, 0.29) is 5.56 Å². The molecule has 4 rings (SSSR count). The average Bonchev–Trinajstić information content (AvgIpc) is 3.10. The number of rotatable bonds is 3. The SMILES string of the molecule is O=c1c2sccc2n(Cc2cccc(Cl)c2)c(=O)n1-c1ccc(Cl)cc1. The van der Waals surface area contributed by atoms with Gasteiger partial charge in [0.2, 0.25) is 0 Å². The molecule has 130 valence electrons. The van der Waals surface area contributed by atoms with Crippen molar-refractivity contribution in [1.82, 2.24) is 9.13 Å². The molecule has 0 bridgehead atoms. The van der Waals surface area contributed by atoms with Crippen molar-refractivity contribution in [3.63, 3.8) is 0 Å². The van der Waals surface area contributed by atoms with Gasteiger partial charge in [-0.3, -0.25) is 9.36 Å². The van der Waals surface area contributed by atoms with Crippen molar-refractivity contribution in [3.8, 4) is 5.69 Å². The Bertz CT molecular complexity index is 1220. The van der Waals surface area contributed by atoms with Gasteiger partial charge in [0.05, 0.1) is 17.7 Å². The summed E-state index contributed by atoms with van der Waals surface area (Å²) in [6.45, 7) is 0.320. The van der Waals surface area contributed by atoms with Crippen LogP contribution >= 0.6 is 34.5 Å². The highest BCUT2D eigenvalue weighted by Gasteiger charge is 2.16. The van der Waals surface area contributed by atoms with Gasteiger partial charge in [0.15, 0.2) is 0 Å². The number of benzene rings is 2. The quantitative estimate of drug-likeness (QED) is 0.503. The van der Waals surface area contributed by atoms with E-state index in [9.17, 15) is 9.59 Å². The maximum absolute atomic E-state index is 13.1. The molecule has 0 saturated carbocycles. The van der Waals surface area contributed by atoms with Gasteiger partial charge in [0.1, 0.15) is 4.70 Å². The molecule has 0 radical (unpaired) electrons. The van der Waals surface area contributed by atoms with Gasteiger partial charge in [-0.15, -0.1) is 11.3 Å². The standard InChI is InChI=1S/C19H12Cl2N2O2S/c20-13-4-6-15(7-5-13)23-18(24)17-16(8-9-26-17)22(19(23)25)11-12-2-1-3-14(21)10-12/h1-10H,11H2. The van der Waals surface area contributed by atoms with E-state index >= 15 is 0 Å². The molecule has 2 heterocycles. The van der Waals surface area contributed by atoms with E-state index in [0.29, 0.717) is 32.5 Å². The first-order chi connectivity index (χ1) is 12.5. The number of hydrogen-bond acceptors (Lipinski definition) is 3. The zero-order valence-electron chi connectivity index (χ0n) is 13.4. The molecular formula is C19H12Cl2N2O2S. The molecule has 2 aromatic heterocycles. The highest BCUT2D eigenvalue weighted by atomic mass is 35.5. The molecular weight excluding hydrogens is 391 g/mol. The fraction of sp³-hybridized carbons (Fsp3) is 0.0526. The molecule has 0 fully saturated rings. The number of nitrogens with zero attached hydrogens (tertiary/aromatic N) is 2. The second-order valence-corrected chi connectivity index (χ2v) is 7.54. The van der Waals surface area contributed by atoms with Crippen LogP contribution in [0, 0.1) is 0 Å². The molecule has 0 N–H and O–H groups in total. The van der Waals surface area contributed by atoms with Gasteiger partial charge in [-0.05, 0) is 53.4 Å². The lowest BCUT2D eigenvalue weighted by atomic mass is 10.2. The van der Waals surface area contributed by atoms with E-state index in [1.54, 1.807) is 41.0 Å². The van der Waals surface area contributed by atoms with E-state index in [1.807, 2.05) is 23.6 Å². The minimum atomic E-state index is -0.400. The van der Waals surface area contributed by atoms with Crippen LogP contribution in [-0.4, -0.2) is 9.13 Å². The minimum absolute atomic E-state index is 0.320. The first kappa shape index (κ1) is 17.1. The molecule has 0 spiro atoms. The lowest BCUT2D eigenvalue weighted by molar-refractivity contribution is 0.716. The minimum Gasteiger partial charge on any atom is -0.288 e. The Balaban J connectivity index is 1.98. The molecule has 7 heteroatoms. The van der Waals surface area contributed by atoms with Gasteiger partial charge in [0, 0.05) is 10.0 Å². The third kappa shape index (κ3) is 2.98. The third-order valence-electron chi connectivity index (χ3n) is 4.07. The monoisotopic (exact) mass is 402 g/mol. The summed E-state index contributed by atoms with van der Waals surface area (Å²) < 4.78 is 3.30. The maximum atomic E-state index is 13.1. The van der Waals surface area contributed by atoms with Crippen molar-refractivity contribution >= 4 is 44.8 Å². The predicted octanol–water partition coefficient (Wildman–Crippen LogP) is 4.57. The third-order valence-corrected chi connectivity index (χ3v) is 5.45. The number of hydrogen-bond donors (Lipinski definition) is 0. The molecule has 0 saturated heterocycles. The van der Waals surface area contributed by atoms with Crippen molar-refractivity contribution in [2.45, 2.75) is 6.54 Å². The molecule has 26 heavy (non-hydrogen) atoms. The highest BCUT2D eigenvalue weighted by molar-refractivity contribution is 7.17. The van der Waals surface area contributed by atoms with Gasteiger partial charge in [0.25, 0.3) is 5.56 Å². The van der Waals surface area contributed by atoms with Gasteiger partial charge >= 0.3 is 5.69 Å². The summed E-state index contributed by atoms with van der Waals surface area (Å²) in [6.07, 6.45) is 0. The topological polar surface area (TPSA) is 44.0 Å². The van der Waals surface area contributed by atoms with Gasteiger partial charge < -0.3 is 0 Å². The predicted molar refractivity (Wildman–Crippen MR) is 107 cm³/mol. The number of fused-ring (bicyclic) bond motifs is 1. The molecule has 0 aliphatic heterocycles. The van der Waals surface area contributed by atoms with Crippen molar-refractivity contribution in [2.75, 3.05) is 0 Å². The summed E-state index contributed by atoms with van der Waals surface area (Å²) in [4.78, 5) is 26.0. The van der Waals surface area contributed by atoms with Gasteiger partial charge in [-0.1, -0.05) is 35.3 Å². The molecule has 2 aromatic carbocycles. The Labute approximate surface area is 162 Å². The van der Waals surface area contributed by atoms with Crippen molar-refractivity contribution in [2.24, 2.45) is 0 Å². The van der Waals surface area contributed by atoms with Crippen LogP contribution in [0.15, 0.2) is 69.6 Å². The first-order valence-electron chi connectivity index (χ1n) is 7.78. The smallest absolute Gasteiger partial charge is 0.288 e. The maximum Gasteiger partial charge on any atom is 0.336 e. The summed E-state index contributed by atoms with van der Waals surface area (Å²) in [7, 11) is 0. The molecule has 0 atom stereocenters. The first-order valence-corrected chi connectivity index (χ1v) is 9.41. The van der Waals surface area contributed by atoms with Crippen LogP contribution in [0.4, 0.5) is 0 Å². The fourth-order valence-electron chi connectivity index (χ4n) is 2.88. The summed E-state index contributed by atoms with van der Waals surface area (Å²) in [5, 5.41) is 2.95. The summed E-state index contributed by atoms with van der Waals surface area (Å²) in [5.41, 5.74) is 1.26. The van der Waals surface area contributed by atoms with E-state index in [0.717, 1.165) is 5.56 Å². The number of aromatic nitrogens is 2. The van der Waals surface area contributed by atoms with E-state index in [2.05, 4.69) is 0 Å². The van der Waals surface area contributed by atoms with Crippen molar-refractivity contribution in [1.29, 1.82) is 0 Å². The van der Waals surface area contributed by atoms with E-state index in [1.165, 1.54) is 15.9 Å². The van der Waals surface area contributed by atoms with Crippen molar-refractivity contribution in [3.05, 3.63) is 96.4 Å². The lowest BCUT2D eigenvalue weighted by Gasteiger charge is -2.12. The second-order valence-electron chi connectivity index (χ2n) is 5.75. The number of thiophene rings is 1. The van der Waals surface area contributed by atoms with Gasteiger partial charge in [-0.2, -0.15) is 0 Å². The average molecular weight is 403 g/mol. The van der Waals surface area contributed by atoms with E-state index in [4.69, 9.17) is 23.2 Å². The Morgan fingerprint density at radius 3 is 2.42 bits per heavy atom. The van der Waals surface area contributed by atoms with Crippen LogP contribution in [0.3, 0.4) is 0 Å². The Hall–Kier alpha value is -2.34. The summed E-state index contributed by atoms with van der Waals surface area (Å²) in [6, 6.07) is 15.7. The fourth-order valence-corrected chi connectivity index (χ4v) is 4.04. The normalized spacial score (nSPS) is 11.2. The zero-order valence-corrected chi connectivity index (χ0v) is 15.7. The van der Waals surface area contributed by atoms with Crippen molar-refractivity contribution < 1.29 is 0 Å². The Morgan fingerprint density at radius 2 is 1.69 bits per heavy atom. The van der Waals surface area contributed by atoms with Crippen LogP contribution < -0.4 is 11.2 Å². The van der Waals surface area contributed by atoms with Crippen LogP contribution in [0.1, 0.15) is 5.56 Å². The van der Waals surface area contributed by atoms with Crippen LogP contribution in [0.5, 0.6) is 0 Å². The zero-order chi connectivity index (χ0) is 18.3. The summed E-state index contributed by atoms with van der Waals surface area (Å²) in [5.74, 6) is 0. The Morgan fingerprint density at radius 1 is 0.923 bits per heavy atom. The molecule has 0 aliphatic carbocycles. The van der Waals surface area contributed by atoms with Crippen LogP contribution in [0.2, 0.25) is 10.0 Å². The molecule has 4 aromatic rings. The van der Waals surface area contributed by atoms with E-state index < -0.39 is 5.69 Å². The molecule has 0 aliphatic rings. The molecule has 0 amide bonds. The second kappa shape index (κ2) is 6.76. The van der Waals surface area contributed by atoms with Gasteiger partial charge in [-0.25, -0.2) is 9.36 Å². The highest BCUT2D eigenvalue weighted by Crippen LogP contribution is 2.19. The largest absolute Gasteiger partial charge is 0.336 e. The Kier molecular flexibility index (Phi) is 4.44. The van der Waals surface area contributed by atoms with Crippen LogP contribution in [0.25, 0.3) is 15.9 Å². The molecule has 0 unspecified atom stereocenters. The summed E-state index contributed by atoms with van der Waals surface area (Å²) >= 11 is 13.3.